The van der Waals surface area contributed by atoms with Gasteiger partial charge in [0.05, 0.1) is 36.9 Å². The molecule has 0 radical (unpaired) electrons. The van der Waals surface area contributed by atoms with E-state index in [1.165, 1.54) is 17.0 Å². The average Bonchev–Trinajstić information content (AvgIpc) is 3.63. The maximum atomic E-state index is 14.5. The van der Waals surface area contributed by atoms with Crippen LogP contribution in [0.1, 0.15) is 83.1 Å². The van der Waals surface area contributed by atoms with Gasteiger partial charge in [0.2, 0.25) is 5.91 Å². The zero-order valence-electron chi connectivity index (χ0n) is 30.6. The van der Waals surface area contributed by atoms with Crippen LogP contribution in [-0.4, -0.2) is 86.3 Å². The number of nitrogens with zero attached hydrogens (tertiary/aromatic N) is 2. The van der Waals surface area contributed by atoms with Gasteiger partial charge in [-0.25, -0.2) is 13.6 Å². The lowest BCUT2D eigenvalue weighted by Gasteiger charge is -2.44. The second kappa shape index (κ2) is 16.2. The molecule has 4 rings (SSSR count). The molecule has 0 aliphatic carbocycles. The Labute approximate surface area is 295 Å². The highest BCUT2D eigenvalue weighted by Crippen LogP contribution is 2.40. The van der Waals surface area contributed by atoms with Gasteiger partial charge in [-0.3, -0.25) is 9.59 Å². The van der Waals surface area contributed by atoms with Crippen LogP contribution in [0.25, 0.3) is 0 Å². The summed E-state index contributed by atoms with van der Waals surface area (Å²) in [6, 6.07) is 6.48. The van der Waals surface area contributed by atoms with Crippen molar-refractivity contribution in [2.45, 2.75) is 122 Å². The van der Waals surface area contributed by atoms with E-state index in [0.717, 1.165) is 12.5 Å². The van der Waals surface area contributed by atoms with Gasteiger partial charge in [-0.2, -0.15) is 0 Å². The number of halogens is 2. The van der Waals surface area contributed by atoms with Gasteiger partial charge in [0.25, 0.3) is 5.91 Å². The molecule has 2 aromatic rings. The van der Waals surface area contributed by atoms with E-state index in [9.17, 15) is 28.3 Å². The van der Waals surface area contributed by atoms with Crippen molar-refractivity contribution in [3.8, 4) is 5.75 Å². The molecule has 4 atom stereocenters. The molecule has 50 heavy (non-hydrogen) atoms. The first-order chi connectivity index (χ1) is 23.4. The summed E-state index contributed by atoms with van der Waals surface area (Å²) >= 11 is 0. The molecule has 10 nitrogen and oxygen atoms in total. The van der Waals surface area contributed by atoms with Crippen molar-refractivity contribution >= 4 is 31.9 Å². The Morgan fingerprint density at radius 3 is 2.32 bits per heavy atom. The van der Waals surface area contributed by atoms with Crippen molar-refractivity contribution in [3.63, 3.8) is 0 Å². The van der Waals surface area contributed by atoms with Crippen LogP contribution in [0.2, 0.25) is 18.1 Å². The molecule has 13 heteroatoms. The quantitative estimate of drug-likeness (QED) is 0.199. The summed E-state index contributed by atoms with van der Waals surface area (Å²) < 4.78 is 48.1. The number of carbonyl (C=O) groups is 3. The Morgan fingerprint density at radius 1 is 1.08 bits per heavy atom. The van der Waals surface area contributed by atoms with E-state index >= 15 is 0 Å². The lowest BCUT2D eigenvalue weighted by molar-refractivity contribution is -0.117. The van der Waals surface area contributed by atoms with E-state index in [-0.39, 0.29) is 41.1 Å². The molecule has 2 aliphatic heterocycles. The molecule has 4 unspecified atom stereocenters. The summed E-state index contributed by atoms with van der Waals surface area (Å²) in [7, 11) is -2.67. The first kappa shape index (κ1) is 39.2. The SMILES string of the molecule is CCCOC1CC(C(O[Si](C)(C)C(C)(C)C)C(Cc2cc(F)cc(F)c2)NC(=O)c2cc(OC(C)C)cc(N3CCCC3=O)c2)N(C(=O)O)C1. The largest absolute Gasteiger partial charge is 0.491 e. The molecular formula is C37H53F2N3O7Si. The molecule has 2 N–H and O–H groups in total. The third-order valence-corrected chi connectivity index (χ3v) is 14.2. The van der Waals surface area contributed by atoms with E-state index in [2.05, 4.69) is 26.1 Å². The van der Waals surface area contributed by atoms with Crippen LogP contribution in [0.3, 0.4) is 0 Å². The zero-order chi connectivity index (χ0) is 37.0. The molecule has 2 aliphatic rings. The predicted molar refractivity (Wildman–Crippen MR) is 190 cm³/mol. The van der Waals surface area contributed by atoms with Gasteiger partial charge in [0.1, 0.15) is 17.4 Å². The first-order valence-electron chi connectivity index (χ1n) is 17.6. The molecule has 276 valence electrons. The summed E-state index contributed by atoms with van der Waals surface area (Å²) in [6.45, 7) is 17.0. The molecule has 0 bridgehead atoms. The van der Waals surface area contributed by atoms with E-state index in [4.69, 9.17) is 13.9 Å². The van der Waals surface area contributed by atoms with E-state index in [0.29, 0.717) is 43.9 Å². The molecule has 2 saturated heterocycles. The predicted octanol–water partition coefficient (Wildman–Crippen LogP) is 7.16. The van der Waals surface area contributed by atoms with Crippen molar-refractivity contribution in [2.75, 3.05) is 24.6 Å². The number of carbonyl (C=O) groups excluding carboxylic acids is 2. The zero-order valence-corrected chi connectivity index (χ0v) is 31.6. The van der Waals surface area contributed by atoms with Gasteiger partial charge in [0.15, 0.2) is 8.32 Å². The maximum Gasteiger partial charge on any atom is 0.407 e. The number of nitrogens with one attached hydrogen (secondary N) is 1. The minimum Gasteiger partial charge on any atom is -0.491 e. The van der Waals surface area contributed by atoms with Crippen molar-refractivity contribution in [2.24, 2.45) is 0 Å². The topological polar surface area (TPSA) is 118 Å². The molecule has 2 aromatic carbocycles. The van der Waals surface area contributed by atoms with E-state index in [1.807, 2.05) is 33.9 Å². The lowest BCUT2D eigenvalue weighted by Crippen LogP contribution is -2.59. The van der Waals surface area contributed by atoms with Crippen LogP contribution < -0.4 is 15.0 Å². The third-order valence-electron chi connectivity index (χ3n) is 9.73. The number of benzene rings is 2. The van der Waals surface area contributed by atoms with Crippen LogP contribution in [0, 0.1) is 11.6 Å². The van der Waals surface area contributed by atoms with Crippen LogP contribution in [0.4, 0.5) is 19.3 Å². The van der Waals surface area contributed by atoms with Crippen molar-refractivity contribution < 1.29 is 42.2 Å². The summed E-state index contributed by atoms with van der Waals surface area (Å²) in [6.07, 6.45) is -0.548. The van der Waals surface area contributed by atoms with Gasteiger partial charge >= 0.3 is 6.09 Å². The fourth-order valence-corrected chi connectivity index (χ4v) is 7.68. The maximum absolute atomic E-state index is 14.5. The van der Waals surface area contributed by atoms with Crippen LogP contribution in [-0.2, 0) is 20.4 Å². The summed E-state index contributed by atoms with van der Waals surface area (Å²) in [5, 5.41) is 13.2. The molecule has 0 aromatic heterocycles. The Hall–Kier alpha value is -3.55. The highest BCUT2D eigenvalue weighted by molar-refractivity contribution is 6.74. The van der Waals surface area contributed by atoms with Crippen molar-refractivity contribution in [1.82, 2.24) is 10.2 Å². The Kier molecular flexibility index (Phi) is 12.7. The average molecular weight is 718 g/mol. The van der Waals surface area contributed by atoms with Gasteiger partial charge in [-0.15, -0.1) is 0 Å². The number of hydrogen-bond acceptors (Lipinski definition) is 6. The van der Waals surface area contributed by atoms with Gasteiger partial charge < -0.3 is 34.1 Å². The fraction of sp³-hybridized carbons (Fsp3) is 0.595. The molecule has 2 fully saturated rings. The molecule has 0 saturated carbocycles. The highest BCUT2D eigenvalue weighted by atomic mass is 28.4. The van der Waals surface area contributed by atoms with Crippen LogP contribution in [0.15, 0.2) is 36.4 Å². The minimum atomic E-state index is -2.67. The third kappa shape index (κ3) is 9.82. The smallest absolute Gasteiger partial charge is 0.407 e. The van der Waals surface area contributed by atoms with Gasteiger partial charge in [0, 0.05) is 43.0 Å². The summed E-state index contributed by atoms with van der Waals surface area (Å²) in [5.41, 5.74) is 1.01. The van der Waals surface area contributed by atoms with Crippen molar-refractivity contribution in [3.05, 3.63) is 59.2 Å². The van der Waals surface area contributed by atoms with Gasteiger partial charge in [-0.1, -0.05) is 27.7 Å². The first-order valence-corrected chi connectivity index (χ1v) is 20.5. The minimum absolute atomic E-state index is 0.0518. The molecule has 0 spiro atoms. The molecular weight excluding hydrogens is 665 g/mol. The standard InChI is InChI=1S/C37H53F2N3O7Si/c1-9-13-47-30-21-32(42(22-30)36(45)46)34(49-50(7,8)37(4,5)6)31(16-24-14-26(38)19-27(39)15-24)40-35(44)25-17-28(41-12-10-11-33(41)43)20-29(18-25)48-23(2)3/h14-15,17-20,23,30-32,34H,9-13,16,21-22H2,1-8H3,(H,40,44)(H,45,46). The molecule has 3 amide bonds. The summed E-state index contributed by atoms with van der Waals surface area (Å²) in [5.74, 6) is -1.72. The number of anilines is 1. The Morgan fingerprint density at radius 2 is 1.76 bits per heavy atom. The number of rotatable bonds is 14. The second-order valence-corrected chi connectivity index (χ2v) is 19.9. The number of ether oxygens (including phenoxy) is 2. The number of amides is 3. The van der Waals surface area contributed by atoms with E-state index in [1.54, 1.807) is 23.1 Å². The fourth-order valence-electron chi connectivity index (χ4n) is 6.32. The lowest BCUT2D eigenvalue weighted by atomic mass is 9.94. The second-order valence-electron chi connectivity index (χ2n) is 15.2. The normalized spacial score (nSPS) is 19.6. The number of hydrogen-bond donors (Lipinski definition) is 2. The number of carboxylic acid groups (broad SMARTS) is 1. The monoisotopic (exact) mass is 717 g/mol. The molecule has 2 heterocycles. The van der Waals surface area contributed by atoms with Crippen LogP contribution >= 0.6 is 0 Å². The Bertz CT molecular complexity index is 1510. The van der Waals surface area contributed by atoms with Gasteiger partial charge in [-0.05, 0) is 87.5 Å². The van der Waals surface area contributed by atoms with Crippen molar-refractivity contribution in [1.29, 1.82) is 0 Å². The van der Waals surface area contributed by atoms with E-state index < -0.39 is 56.2 Å². The Balaban J connectivity index is 1.83. The van der Waals surface area contributed by atoms with Crippen LogP contribution in [0.5, 0.6) is 5.75 Å². The highest BCUT2D eigenvalue weighted by Gasteiger charge is 2.49. The number of likely N-dealkylation sites (tertiary alicyclic amines) is 1. The summed E-state index contributed by atoms with van der Waals surface area (Å²) in [4.78, 5) is 42.7.